The van der Waals surface area contributed by atoms with Crippen LogP contribution < -0.4 is 0 Å². The molecule has 4 nitrogen and oxygen atoms in total. The zero-order valence-electron chi connectivity index (χ0n) is 19.8. The van der Waals surface area contributed by atoms with E-state index < -0.39 is 0 Å². The maximum Gasteiger partial charge on any atom is 0.245 e. The molecule has 30 heavy (non-hydrogen) atoms. The van der Waals surface area contributed by atoms with Crippen molar-refractivity contribution in [3.05, 3.63) is 0 Å². The highest BCUT2D eigenvalue weighted by molar-refractivity contribution is 5.88. The molecule has 4 heteroatoms. The Bertz CT molecular complexity index is 480. The highest BCUT2D eigenvalue weighted by Gasteiger charge is 2.35. The summed E-state index contributed by atoms with van der Waals surface area (Å²) < 4.78 is 0. The van der Waals surface area contributed by atoms with E-state index in [2.05, 4.69) is 11.8 Å². The largest absolute Gasteiger partial charge is 0.341 e. The van der Waals surface area contributed by atoms with Crippen molar-refractivity contribution < 1.29 is 9.59 Å². The monoisotopic (exact) mass is 420 g/mol. The molecule has 0 aliphatic carbocycles. The van der Waals surface area contributed by atoms with Gasteiger partial charge in [-0.1, -0.05) is 90.4 Å². The van der Waals surface area contributed by atoms with Gasteiger partial charge in [0, 0.05) is 26.1 Å². The van der Waals surface area contributed by atoms with Gasteiger partial charge in [0.2, 0.25) is 11.8 Å². The first-order valence-electron chi connectivity index (χ1n) is 13.3. The SMILES string of the molecule is CCCCCCCCCCCCCCCCN1CCCCC(N2CCCC2=O)C1=O. The molecule has 0 N–H and O–H groups in total. The van der Waals surface area contributed by atoms with Gasteiger partial charge in [0.15, 0.2) is 0 Å². The number of amides is 2. The zero-order chi connectivity index (χ0) is 21.4. The summed E-state index contributed by atoms with van der Waals surface area (Å²) >= 11 is 0. The van der Waals surface area contributed by atoms with Crippen LogP contribution in [-0.2, 0) is 9.59 Å². The van der Waals surface area contributed by atoms with Gasteiger partial charge in [-0.05, 0) is 32.1 Å². The average molecular weight is 421 g/mol. The molecule has 0 radical (unpaired) electrons. The third-order valence-electron chi connectivity index (χ3n) is 7.02. The summed E-state index contributed by atoms with van der Waals surface area (Å²) in [5.41, 5.74) is 0. The van der Waals surface area contributed by atoms with Gasteiger partial charge in [0.25, 0.3) is 0 Å². The summed E-state index contributed by atoms with van der Waals surface area (Å²) in [7, 11) is 0. The fraction of sp³-hybridized carbons (Fsp3) is 0.923. The fourth-order valence-electron chi connectivity index (χ4n) is 5.09. The van der Waals surface area contributed by atoms with Crippen molar-refractivity contribution in [2.45, 2.75) is 135 Å². The number of unbranched alkanes of at least 4 members (excludes halogenated alkanes) is 13. The number of rotatable bonds is 16. The van der Waals surface area contributed by atoms with Crippen molar-refractivity contribution in [3.8, 4) is 0 Å². The van der Waals surface area contributed by atoms with Gasteiger partial charge >= 0.3 is 0 Å². The van der Waals surface area contributed by atoms with E-state index in [-0.39, 0.29) is 17.9 Å². The minimum atomic E-state index is -0.172. The van der Waals surface area contributed by atoms with Gasteiger partial charge in [-0.25, -0.2) is 0 Å². The molecule has 2 aliphatic rings. The molecule has 0 spiro atoms. The second-order valence-electron chi connectivity index (χ2n) is 9.62. The summed E-state index contributed by atoms with van der Waals surface area (Å²) in [6.07, 6.45) is 23.6. The third-order valence-corrected chi connectivity index (χ3v) is 7.02. The quantitative estimate of drug-likeness (QED) is 0.268. The van der Waals surface area contributed by atoms with Crippen LogP contribution in [0.2, 0.25) is 0 Å². The van der Waals surface area contributed by atoms with Gasteiger partial charge in [-0.2, -0.15) is 0 Å². The van der Waals surface area contributed by atoms with Crippen LogP contribution in [0.1, 0.15) is 129 Å². The summed E-state index contributed by atoms with van der Waals surface area (Å²) in [6, 6.07) is -0.172. The maximum atomic E-state index is 13.0. The van der Waals surface area contributed by atoms with E-state index in [9.17, 15) is 9.59 Å². The van der Waals surface area contributed by atoms with E-state index in [0.717, 1.165) is 51.7 Å². The predicted octanol–water partition coefficient (Wildman–Crippen LogP) is 6.47. The summed E-state index contributed by atoms with van der Waals surface area (Å²) in [5, 5.41) is 0. The Balaban J connectivity index is 1.47. The molecule has 174 valence electrons. The van der Waals surface area contributed by atoms with Gasteiger partial charge in [0.05, 0.1) is 0 Å². The molecule has 0 aromatic rings. The Hall–Kier alpha value is -1.06. The highest BCUT2D eigenvalue weighted by Crippen LogP contribution is 2.23. The molecule has 2 heterocycles. The van der Waals surface area contributed by atoms with E-state index in [0.29, 0.717) is 6.42 Å². The van der Waals surface area contributed by atoms with E-state index in [4.69, 9.17) is 0 Å². The summed E-state index contributed by atoms with van der Waals surface area (Å²) in [5.74, 6) is 0.407. The maximum absolute atomic E-state index is 13.0. The summed E-state index contributed by atoms with van der Waals surface area (Å²) in [4.78, 5) is 29.0. The van der Waals surface area contributed by atoms with Crippen LogP contribution in [0, 0.1) is 0 Å². The molecule has 2 amide bonds. The Labute approximate surface area is 186 Å². The number of carbonyl (C=O) groups excluding carboxylic acids is 2. The average Bonchev–Trinajstić information content (AvgIpc) is 3.08. The standard InChI is InChI=1S/C26H48N2O2/c1-2-3-4-5-6-7-8-9-10-11-12-13-14-16-21-27-22-17-15-19-24(26(27)30)28-23-18-20-25(28)29/h24H,2-23H2,1H3. The molecular formula is C26H48N2O2. The Morgan fingerprint density at radius 1 is 0.700 bits per heavy atom. The fourth-order valence-corrected chi connectivity index (χ4v) is 5.09. The molecule has 2 rings (SSSR count). The first-order chi connectivity index (χ1) is 14.7. The Morgan fingerprint density at radius 3 is 1.80 bits per heavy atom. The highest BCUT2D eigenvalue weighted by atomic mass is 16.2. The van der Waals surface area contributed by atoms with Crippen molar-refractivity contribution in [1.82, 2.24) is 9.80 Å². The van der Waals surface area contributed by atoms with Crippen LogP contribution in [0.15, 0.2) is 0 Å². The topological polar surface area (TPSA) is 40.6 Å². The molecule has 0 saturated carbocycles. The van der Waals surface area contributed by atoms with Crippen molar-refractivity contribution in [1.29, 1.82) is 0 Å². The number of nitrogens with zero attached hydrogens (tertiary/aromatic N) is 2. The molecule has 0 aromatic heterocycles. The number of hydrogen-bond acceptors (Lipinski definition) is 2. The lowest BCUT2D eigenvalue weighted by molar-refractivity contribution is -0.143. The van der Waals surface area contributed by atoms with Crippen molar-refractivity contribution in [3.63, 3.8) is 0 Å². The van der Waals surface area contributed by atoms with E-state index in [1.54, 1.807) is 0 Å². The van der Waals surface area contributed by atoms with Crippen LogP contribution in [0.4, 0.5) is 0 Å². The van der Waals surface area contributed by atoms with E-state index >= 15 is 0 Å². The van der Waals surface area contributed by atoms with Crippen molar-refractivity contribution >= 4 is 11.8 Å². The number of carbonyl (C=O) groups is 2. The normalized spacial score (nSPS) is 20.2. The molecule has 1 atom stereocenters. The first-order valence-corrected chi connectivity index (χ1v) is 13.3. The lowest BCUT2D eigenvalue weighted by atomic mass is 10.0. The second kappa shape index (κ2) is 15.7. The molecule has 1 unspecified atom stereocenters. The molecule has 2 fully saturated rings. The van der Waals surface area contributed by atoms with Crippen LogP contribution in [0.25, 0.3) is 0 Å². The lowest BCUT2D eigenvalue weighted by Gasteiger charge is -2.30. The summed E-state index contributed by atoms with van der Waals surface area (Å²) in [6.45, 7) is 4.83. The number of likely N-dealkylation sites (tertiary alicyclic amines) is 2. The number of hydrogen-bond donors (Lipinski definition) is 0. The lowest BCUT2D eigenvalue weighted by Crippen LogP contribution is -2.48. The minimum absolute atomic E-state index is 0.172. The zero-order valence-corrected chi connectivity index (χ0v) is 19.8. The molecular weight excluding hydrogens is 372 g/mol. The van der Waals surface area contributed by atoms with Gasteiger partial charge < -0.3 is 9.80 Å². The van der Waals surface area contributed by atoms with Gasteiger partial charge in [-0.15, -0.1) is 0 Å². The Kier molecular flexibility index (Phi) is 13.2. The van der Waals surface area contributed by atoms with E-state index in [1.165, 1.54) is 83.5 Å². The minimum Gasteiger partial charge on any atom is -0.341 e. The molecule has 0 bridgehead atoms. The van der Waals surface area contributed by atoms with Crippen molar-refractivity contribution in [2.75, 3.05) is 19.6 Å². The third kappa shape index (κ3) is 9.39. The van der Waals surface area contributed by atoms with Crippen LogP contribution in [0.3, 0.4) is 0 Å². The van der Waals surface area contributed by atoms with Crippen LogP contribution in [0.5, 0.6) is 0 Å². The molecule has 2 aliphatic heterocycles. The van der Waals surface area contributed by atoms with E-state index in [1.807, 2.05) is 4.90 Å². The second-order valence-corrected chi connectivity index (χ2v) is 9.62. The molecule has 0 aromatic carbocycles. The van der Waals surface area contributed by atoms with Crippen molar-refractivity contribution in [2.24, 2.45) is 0 Å². The van der Waals surface area contributed by atoms with Crippen LogP contribution in [-0.4, -0.2) is 47.3 Å². The van der Waals surface area contributed by atoms with Gasteiger partial charge in [0.1, 0.15) is 6.04 Å². The van der Waals surface area contributed by atoms with Crippen LogP contribution >= 0.6 is 0 Å². The molecule has 2 saturated heterocycles. The first kappa shape index (κ1) is 25.2. The Morgan fingerprint density at radius 2 is 1.27 bits per heavy atom. The smallest absolute Gasteiger partial charge is 0.245 e. The predicted molar refractivity (Wildman–Crippen MR) is 125 cm³/mol. The van der Waals surface area contributed by atoms with Gasteiger partial charge in [-0.3, -0.25) is 9.59 Å².